The van der Waals surface area contributed by atoms with Gasteiger partial charge in [-0.1, -0.05) is 35.9 Å². The van der Waals surface area contributed by atoms with Gasteiger partial charge in [0.15, 0.2) is 6.61 Å². The summed E-state index contributed by atoms with van der Waals surface area (Å²) in [7, 11) is -3.53. The van der Waals surface area contributed by atoms with Crippen LogP contribution < -0.4 is 9.46 Å². The lowest BCUT2D eigenvalue weighted by Gasteiger charge is -2.07. The second-order valence-electron chi connectivity index (χ2n) is 5.78. The molecule has 0 atom stereocenters. The number of hydrogen-bond donors (Lipinski definition) is 1. The molecule has 2 aromatic rings. The highest BCUT2D eigenvalue weighted by Crippen LogP contribution is 2.13. The molecule has 0 saturated carbocycles. The zero-order valence-electron chi connectivity index (χ0n) is 15.4. The van der Waals surface area contributed by atoms with Crippen LogP contribution >= 0.6 is 11.6 Å². The maximum atomic E-state index is 12.0. The molecule has 0 spiro atoms. The van der Waals surface area contributed by atoms with Crippen molar-refractivity contribution in [2.45, 2.75) is 13.3 Å². The standard InChI is InChI=1S/C20H22ClNO5S/c1-2-26-20(23)15-27-19-9-5-16(6-10-19)11-13-22-28(24,25)14-12-17-3-7-18(21)8-4-17/h3-10,12,14,22H,2,11,13,15H2,1H3. The molecule has 0 heterocycles. The summed E-state index contributed by atoms with van der Waals surface area (Å²) in [6.07, 6.45) is 2.03. The van der Waals surface area contributed by atoms with E-state index in [1.165, 1.54) is 6.08 Å². The molecule has 0 amide bonds. The number of sulfonamides is 1. The molecule has 8 heteroatoms. The molecule has 1 N–H and O–H groups in total. The third-order valence-corrected chi connectivity index (χ3v) is 4.96. The van der Waals surface area contributed by atoms with Crippen LogP contribution in [0.3, 0.4) is 0 Å². The van der Waals surface area contributed by atoms with Gasteiger partial charge in [0.1, 0.15) is 5.75 Å². The van der Waals surface area contributed by atoms with Crippen LogP contribution in [0, 0.1) is 0 Å². The van der Waals surface area contributed by atoms with Crippen LogP contribution in [0.2, 0.25) is 5.02 Å². The fourth-order valence-electron chi connectivity index (χ4n) is 2.23. The third kappa shape index (κ3) is 8.12. The van der Waals surface area contributed by atoms with E-state index in [9.17, 15) is 13.2 Å². The van der Waals surface area contributed by atoms with Crippen LogP contribution in [0.5, 0.6) is 5.75 Å². The van der Waals surface area contributed by atoms with E-state index in [4.69, 9.17) is 21.1 Å². The van der Waals surface area contributed by atoms with E-state index in [0.717, 1.165) is 16.5 Å². The number of carbonyl (C=O) groups excluding carboxylic acids is 1. The Morgan fingerprint density at radius 3 is 2.43 bits per heavy atom. The van der Waals surface area contributed by atoms with Crippen LogP contribution in [0.25, 0.3) is 6.08 Å². The molecule has 0 aliphatic carbocycles. The fourth-order valence-corrected chi connectivity index (χ4v) is 3.17. The van der Waals surface area contributed by atoms with Crippen molar-refractivity contribution in [3.05, 3.63) is 70.1 Å². The van der Waals surface area contributed by atoms with E-state index < -0.39 is 16.0 Å². The van der Waals surface area contributed by atoms with Crippen molar-refractivity contribution in [3.63, 3.8) is 0 Å². The lowest BCUT2D eigenvalue weighted by molar-refractivity contribution is -0.145. The highest BCUT2D eigenvalue weighted by atomic mass is 35.5. The van der Waals surface area contributed by atoms with E-state index in [-0.39, 0.29) is 13.2 Å². The van der Waals surface area contributed by atoms with E-state index >= 15 is 0 Å². The Morgan fingerprint density at radius 2 is 1.79 bits per heavy atom. The van der Waals surface area contributed by atoms with Crippen molar-refractivity contribution in [1.82, 2.24) is 4.72 Å². The van der Waals surface area contributed by atoms with Gasteiger partial charge >= 0.3 is 5.97 Å². The molecule has 0 radical (unpaired) electrons. The molecular weight excluding hydrogens is 402 g/mol. The molecular formula is C20H22ClNO5S. The summed E-state index contributed by atoms with van der Waals surface area (Å²) >= 11 is 5.80. The first-order valence-corrected chi connectivity index (χ1v) is 10.6. The minimum Gasteiger partial charge on any atom is -0.482 e. The van der Waals surface area contributed by atoms with E-state index in [2.05, 4.69) is 4.72 Å². The first-order valence-electron chi connectivity index (χ1n) is 8.68. The number of benzene rings is 2. The van der Waals surface area contributed by atoms with Gasteiger partial charge in [0.25, 0.3) is 0 Å². The largest absolute Gasteiger partial charge is 0.482 e. The Hall–Kier alpha value is -2.35. The number of halogens is 1. The van der Waals surface area contributed by atoms with Crippen molar-refractivity contribution in [1.29, 1.82) is 0 Å². The number of esters is 1. The first-order chi connectivity index (χ1) is 13.4. The zero-order valence-corrected chi connectivity index (χ0v) is 17.0. The highest BCUT2D eigenvalue weighted by Gasteiger charge is 2.06. The van der Waals surface area contributed by atoms with Gasteiger partial charge in [-0.2, -0.15) is 0 Å². The molecule has 0 bridgehead atoms. The number of ether oxygens (including phenoxy) is 2. The molecule has 2 aromatic carbocycles. The van der Waals surface area contributed by atoms with Gasteiger partial charge in [0.05, 0.1) is 6.61 Å². The van der Waals surface area contributed by atoms with Crippen LogP contribution in [0.1, 0.15) is 18.1 Å². The zero-order chi connectivity index (χ0) is 20.4. The van der Waals surface area contributed by atoms with Crippen molar-refractivity contribution in [2.24, 2.45) is 0 Å². The van der Waals surface area contributed by atoms with E-state index in [1.54, 1.807) is 43.3 Å². The smallest absolute Gasteiger partial charge is 0.344 e. The molecule has 0 aromatic heterocycles. The quantitative estimate of drug-likeness (QED) is 0.592. The van der Waals surface area contributed by atoms with Crippen LogP contribution in [0.4, 0.5) is 0 Å². The lowest BCUT2D eigenvalue weighted by atomic mass is 10.1. The Bertz CT molecular complexity index is 893. The average Bonchev–Trinajstić information content (AvgIpc) is 2.67. The van der Waals surface area contributed by atoms with E-state index in [1.807, 2.05) is 12.1 Å². The summed E-state index contributed by atoms with van der Waals surface area (Å²) in [6.45, 7) is 2.16. The van der Waals surface area contributed by atoms with Crippen LogP contribution in [-0.4, -0.2) is 34.1 Å². The monoisotopic (exact) mass is 423 g/mol. The highest BCUT2D eigenvalue weighted by molar-refractivity contribution is 7.92. The molecule has 0 fully saturated rings. The second-order valence-corrected chi connectivity index (χ2v) is 7.87. The predicted octanol–water partition coefficient (Wildman–Crippen LogP) is 3.41. The van der Waals surface area contributed by atoms with Gasteiger partial charge in [-0.25, -0.2) is 17.9 Å². The van der Waals surface area contributed by atoms with Gasteiger partial charge in [0, 0.05) is 17.0 Å². The lowest BCUT2D eigenvalue weighted by Crippen LogP contribution is -2.23. The van der Waals surface area contributed by atoms with Gasteiger partial charge in [-0.3, -0.25) is 0 Å². The predicted molar refractivity (Wildman–Crippen MR) is 110 cm³/mol. The second kappa shape index (κ2) is 10.8. The Kier molecular flexibility index (Phi) is 8.50. The molecule has 0 unspecified atom stereocenters. The topological polar surface area (TPSA) is 81.7 Å². The van der Waals surface area contributed by atoms with Gasteiger partial charge in [0.2, 0.25) is 10.0 Å². The maximum Gasteiger partial charge on any atom is 0.344 e. The maximum absolute atomic E-state index is 12.0. The molecule has 6 nitrogen and oxygen atoms in total. The van der Waals surface area contributed by atoms with Crippen molar-refractivity contribution < 1.29 is 22.7 Å². The summed E-state index contributed by atoms with van der Waals surface area (Å²) in [5, 5.41) is 1.72. The number of hydrogen-bond acceptors (Lipinski definition) is 5. The summed E-state index contributed by atoms with van der Waals surface area (Å²) in [5.74, 6) is 0.121. The minimum atomic E-state index is -3.53. The Morgan fingerprint density at radius 1 is 1.11 bits per heavy atom. The average molecular weight is 424 g/mol. The summed E-state index contributed by atoms with van der Waals surface area (Å²) in [5.41, 5.74) is 1.68. The van der Waals surface area contributed by atoms with Gasteiger partial charge in [-0.05, 0) is 54.8 Å². The van der Waals surface area contributed by atoms with Crippen molar-refractivity contribution >= 4 is 33.7 Å². The van der Waals surface area contributed by atoms with Crippen LogP contribution in [-0.2, 0) is 26.0 Å². The van der Waals surface area contributed by atoms with Crippen molar-refractivity contribution in [2.75, 3.05) is 19.8 Å². The number of carbonyl (C=O) groups is 1. The third-order valence-electron chi connectivity index (χ3n) is 3.61. The van der Waals surface area contributed by atoms with Crippen molar-refractivity contribution in [3.8, 4) is 5.75 Å². The minimum absolute atomic E-state index is 0.146. The summed E-state index contributed by atoms with van der Waals surface area (Å²) < 4.78 is 36.7. The molecule has 0 aliphatic rings. The molecule has 0 saturated heterocycles. The SMILES string of the molecule is CCOC(=O)COc1ccc(CCNS(=O)(=O)C=Cc2ccc(Cl)cc2)cc1. The molecule has 0 aliphatic heterocycles. The summed E-state index contributed by atoms with van der Waals surface area (Å²) in [6, 6.07) is 14.0. The van der Waals surface area contributed by atoms with E-state index in [0.29, 0.717) is 23.8 Å². The van der Waals surface area contributed by atoms with Crippen LogP contribution in [0.15, 0.2) is 53.9 Å². The first kappa shape index (κ1) is 21.9. The summed E-state index contributed by atoms with van der Waals surface area (Å²) in [4.78, 5) is 11.3. The van der Waals surface area contributed by atoms with Gasteiger partial charge < -0.3 is 9.47 Å². The number of rotatable bonds is 10. The fraction of sp³-hybridized carbons (Fsp3) is 0.250. The Labute approximate surface area is 170 Å². The normalized spacial score (nSPS) is 11.5. The molecule has 150 valence electrons. The van der Waals surface area contributed by atoms with Gasteiger partial charge in [-0.15, -0.1) is 0 Å². The Balaban J connectivity index is 1.78. The number of nitrogens with one attached hydrogen (secondary N) is 1. The molecule has 2 rings (SSSR count). The molecule has 28 heavy (non-hydrogen) atoms.